The second kappa shape index (κ2) is 8.84. The Morgan fingerprint density at radius 3 is 2.86 bits per heavy atom. The molecule has 7 heteroatoms. The van der Waals surface area contributed by atoms with Crippen LogP contribution < -0.4 is 5.32 Å². The zero-order valence-electron chi connectivity index (χ0n) is 11.3. The lowest BCUT2D eigenvalue weighted by Crippen LogP contribution is -2.40. The lowest BCUT2D eigenvalue weighted by atomic mass is 10.2. The molecule has 0 saturated heterocycles. The maximum Gasteiger partial charge on any atom is 0.326 e. The molecule has 1 atom stereocenters. The Morgan fingerprint density at radius 1 is 1.52 bits per heavy atom. The number of carboxylic acids is 1. The predicted molar refractivity (Wildman–Crippen MR) is 85.7 cm³/mol. The van der Waals surface area contributed by atoms with E-state index in [0.29, 0.717) is 16.6 Å². The maximum absolute atomic E-state index is 13.5. The highest BCUT2D eigenvalue weighted by Gasteiger charge is 2.18. The van der Waals surface area contributed by atoms with Crippen LogP contribution in [0, 0.1) is 5.82 Å². The van der Waals surface area contributed by atoms with Crippen molar-refractivity contribution in [3.05, 3.63) is 40.1 Å². The average Bonchev–Trinajstić information content (AvgIpc) is 2.44. The van der Waals surface area contributed by atoms with Crippen molar-refractivity contribution in [2.45, 2.75) is 12.5 Å². The fourth-order valence-electron chi connectivity index (χ4n) is 1.52. The van der Waals surface area contributed by atoms with Gasteiger partial charge in [-0.05, 0) is 42.7 Å². The largest absolute Gasteiger partial charge is 0.480 e. The molecule has 1 aromatic rings. The minimum Gasteiger partial charge on any atom is -0.480 e. The maximum atomic E-state index is 13.5. The van der Waals surface area contributed by atoms with E-state index in [0.717, 1.165) is 6.08 Å². The summed E-state index contributed by atoms with van der Waals surface area (Å²) in [4.78, 5) is 22.7. The summed E-state index contributed by atoms with van der Waals surface area (Å²) in [5.41, 5.74) is 0.246. The number of carbonyl (C=O) groups is 2. The topological polar surface area (TPSA) is 66.4 Å². The van der Waals surface area contributed by atoms with Gasteiger partial charge in [-0.15, -0.1) is 0 Å². The molecule has 0 aromatic heterocycles. The monoisotopic (exact) mass is 375 g/mol. The van der Waals surface area contributed by atoms with Crippen LogP contribution in [0.2, 0.25) is 0 Å². The van der Waals surface area contributed by atoms with Gasteiger partial charge in [0.25, 0.3) is 0 Å². The van der Waals surface area contributed by atoms with Crippen molar-refractivity contribution in [1.29, 1.82) is 0 Å². The molecule has 1 rings (SSSR count). The van der Waals surface area contributed by atoms with Gasteiger partial charge in [0.1, 0.15) is 11.9 Å². The molecule has 0 saturated carbocycles. The number of thioether (sulfide) groups is 1. The molecule has 21 heavy (non-hydrogen) atoms. The average molecular weight is 376 g/mol. The lowest BCUT2D eigenvalue weighted by molar-refractivity contribution is -0.141. The molecule has 2 N–H and O–H groups in total. The van der Waals surface area contributed by atoms with Crippen molar-refractivity contribution in [1.82, 2.24) is 5.32 Å². The first kappa shape index (κ1) is 17.7. The van der Waals surface area contributed by atoms with Crippen LogP contribution in [-0.4, -0.2) is 35.0 Å². The predicted octanol–water partition coefficient (Wildman–Crippen LogP) is 2.92. The number of carbonyl (C=O) groups excluding carboxylic acids is 1. The quantitative estimate of drug-likeness (QED) is 0.719. The van der Waals surface area contributed by atoms with Crippen LogP contribution >= 0.6 is 27.7 Å². The molecule has 1 amide bonds. The summed E-state index contributed by atoms with van der Waals surface area (Å²) in [6.45, 7) is 0. The molecular formula is C14H15BrFNO3S. The van der Waals surface area contributed by atoms with E-state index < -0.39 is 23.7 Å². The minimum absolute atomic E-state index is 0.246. The fraction of sp³-hybridized carbons (Fsp3) is 0.286. The summed E-state index contributed by atoms with van der Waals surface area (Å²) in [6, 6.07) is 3.42. The van der Waals surface area contributed by atoms with E-state index in [1.54, 1.807) is 6.07 Å². The van der Waals surface area contributed by atoms with Gasteiger partial charge >= 0.3 is 5.97 Å². The number of benzene rings is 1. The van der Waals surface area contributed by atoms with Crippen molar-refractivity contribution in [3.63, 3.8) is 0 Å². The molecule has 0 fully saturated rings. The zero-order valence-corrected chi connectivity index (χ0v) is 13.7. The zero-order chi connectivity index (χ0) is 15.8. The molecule has 0 aliphatic carbocycles. The third-order valence-electron chi connectivity index (χ3n) is 2.60. The van der Waals surface area contributed by atoms with E-state index >= 15 is 0 Å². The number of hydrogen-bond donors (Lipinski definition) is 2. The van der Waals surface area contributed by atoms with Crippen molar-refractivity contribution >= 4 is 45.6 Å². The van der Waals surface area contributed by atoms with Crippen molar-refractivity contribution in [2.24, 2.45) is 0 Å². The highest BCUT2D eigenvalue weighted by atomic mass is 79.9. The van der Waals surface area contributed by atoms with Gasteiger partial charge in [0.05, 0.1) is 0 Å². The number of hydrogen-bond acceptors (Lipinski definition) is 3. The number of halogens is 2. The highest BCUT2D eigenvalue weighted by Crippen LogP contribution is 2.16. The van der Waals surface area contributed by atoms with Crippen LogP contribution in [0.3, 0.4) is 0 Å². The first-order chi connectivity index (χ1) is 9.93. The SMILES string of the molecule is CSCC[C@@H](NC(=O)/C=C/c1cc(Br)ccc1F)C(=O)O. The smallest absolute Gasteiger partial charge is 0.326 e. The number of nitrogens with one attached hydrogen (secondary N) is 1. The first-order valence-electron chi connectivity index (χ1n) is 6.09. The van der Waals surface area contributed by atoms with Crippen molar-refractivity contribution in [2.75, 3.05) is 12.0 Å². The Kier molecular flexibility index (Phi) is 7.45. The molecular weight excluding hydrogens is 361 g/mol. The summed E-state index contributed by atoms with van der Waals surface area (Å²) < 4.78 is 14.2. The van der Waals surface area contributed by atoms with Gasteiger partial charge in [-0.2, -0.15) is 11.8 Å². The minimum atomic E-state index is -1.08. The van der Waals surface area contributed by atoms with Crippen LogP contribution in [0.25, 0.3) is 6.08 Å². The molecule has 114 valence electrons. The molecule has 0 radical (unpaired) electrons. The number of amides is 1. The summed E-state index contributed by atoms with van der Waals surface area (Å²) >= 11 is 4.71. The van der Waals surface area contributed by atoms with Crippen molar-refractivity contribution < 1.29 is 19.1 Å². The van der Waals surface area contributed by atoms with E-state index in [2.05, 4.69) is 21.2 Å². The van der Waals surface area contributed by atoms with Crippen LogP contribution in [-0.2, 0) is 9.59 Å². The van der Waals surface area contributed by atoms with Crippen LogP contribution in [0.1, 0.15) is 12.0 Å². The third kappa shape index (κ3) is 6.31. The summed E-state index contributed by atoms with van der Waals surface area (Å²) in [7, 11) is 0. The third-order valence-corrected chi connectivity index (χ3v) is 3.73. The van der Waals surface area contributed by atoms with Gasteiger partial charge in [-0.3, -0.25) is 4.79 Å². The highest BCUT2D eigenvalue weighted by molar-refractivity contribution is 9.10. The molecule has 0 spiro atoms. The standard InChI is InChI=1S/C14H15BrFNO3S/c1-21-7-6-12(14(19)20)17-13(18)5-2-9-8-10(15)3-4-11(9)16/h2-5,8,12H,6-7H2,1H3,(H,17,18)(H,19,20)/b5-2+/t12-/m1/s1. The Labute approximate surface area is 134 Å². The van der Waals surface area contributed by atoms with Gasteiger partial charge < -0.3 is 10.4 Å². The summed E-state index contributed by atoms with van der Waals surface area (Å²) in [5.74, 6) is -1.48. The number of carboxylic acid groups (broad SMARTS) is 1. The Balaban J connectivity index is 2.68. The van der Waals surface area contributed by atoms with E-state index in [4.69, 9.17) is 5.11 Å². The number of rotatable bonds is 7. The van der Waals surface area contributed by atoms with E-state index in [-0.39, 0.29) is 5.56 Å². The van der Waals surface area contributed by atoms with Gasteiger partial charge in [0, 0.05) is 16.1 Å². The molecule has 0 unspecified atom stereocenters. The normalized spacial score (nSPS) is 12.3. The molecule has 0 aliphatic rings. The van der Waals surface area contributed by atoms with E-state index in [1.165, 1.54) is 30.0 Å². The van der Waals surface area contributed by atoms with Gasteiger partial charge in [-0.25, -0.2) is 9.18 Å². The summed E-state index contributed by atoms with van der Waals surface area (Å²) in [6.07, 6.45) is 4.63. The Bertz CT molecular complexity index is 551. The van der Waals surface area contributed by atoms with E-state index in [1.807, 2.05) is 6.26 Å². The van der Waals surface area contributed by atoms with Gasteiger partial charge in [0.15, 0.2) is 0 Å². The Morgan fingerprint density at radius 2 is 2.24 bits per heavy atom. The molecule has 0 heterocycles. The van der Waals surface area contributed by atoms with Crippen LogP contribution in [0.5, 0.6) is 0 Å². The van der Waals surface area contributed by atoms with Crippen LogP contribution in [0.15, 0.2) is 28.7 Å². The van der Waals surface area contributed by atoms with Crippen LogP contribution in [0.4, 0.5) is 4.39 Å². The fourth-order valence-corrected chi connectivity index (χ4v) is 2.37. The Hall–Kier alpha value is -1.34. The van der Waals surface area contributed by atoms with Gasteiger partial charge in [-0.1, -0.05) is 15.9 Å². The first-order valence-corrected chi connectivity index (χ1v) is 8.28. The van der Waals surface area contributed by atoms with Gasteiger partial charge in [0.2, 0.25) is 5.91 Å². The second-order valence-electron chi connectivity index (χ2n) is 4.18. The van der Waals surface area contributed by atoms with E-state index in [9.17, 15) is 14.0 Å². The van der Waals surface area contributed by atoms with Crippen molar-refractivity contribution in [3.8, 4) is 0 Å². The molecule has 0 bridgehead atoms. The molecule has 4 nitrogen and oxygen atoms in total. The molecule has 1 aromatic carbocycles. The number of aliphatic carboxylic acids is 1. The molecule has 0 aliphatic heterocycles. The summed E-state index contributed by atoms with van der Waals surface area (Å²) in [5, 5.41) is 11.4. The lowest BCUT2D eigenvalue weighted by Gasteiger charge is -2.12. The second-order valence-corrected chi connectivity index (χ2v) is 6.08.